The van der Waals surface area contributed by atoms with Gasteiger partial charge in [-0.15, -0.1) is 11.3 Å². The zero-order chi connectivity index (χ0) is 12.3. The van der Waals surface area contributed by atoms with Gasteiger partial charge >= 0.3 is 0 Å². The van der Waals surface area contributed by atoms with Crippen LogP contribution < -0.4 is 5.32 Å². The van der Waals surface area contributed by atoms with Gasteiger partial charge in [-0.25, -0.2) is 13.8 Å². The van der Waals surface area contributed by atoms with Crippen molar-refractivity contribution in [2.45, 2.75) is 13.3 Å². The first-order valence-corrected chi connectivity index (χ1v) is 6.12. The van der Waals surface area contributed by atoms with Gasteiger partial charge in [-0.3, -0.25) is 0 Å². The van der Waals surface area contributed by atoms with Crippen molar-refractivity contribution >= 4 is 16.5 Å². The molecule has 0 atom stereocenters. The number of thiazole rings is 1. The number of aromatic nitrogens is 1. The molecule has 2 aromatic rings. The van der Waals surface area contributed by atoms with Gasteiger partial charge in [0.05, 0.1) is 5.69 Å². The zero-order valence-corrected chi connectivity index (χ0v) is 10.2. The van der Waals surface area contributed by atoms with E-state index in [1.807, 2.05) is 12.3 Å². The SMILES string of the molecule is Cc1csc(NCCc2cc(F)cc(F)c2)n1. The van der Waals surface area contributed by atoms with E-state index < -0.39 is 11.6 Å². The van der Waals surface area contributed by atoms with Gasteiger partial charge in [0.2, 0.25) is 0 Å². The van der Waals surface area contributed by atoms with Gasteiger partial charge in [0, 0.05) is 18.0 Å². The van der Waals surface area contributed by atoms with Crippen LogP contribution >= 0.6 is 11.3 Å². The second-order valence-corrected chi connectivity index (χ2v) is 4.61. The first-order chi connectivity index (χ1) is 8.13. The van der Waals surface area contributed by atoms with Gasteiger partial charge in [0.15, 0.2) is 5.13 Å². The molecule has 0 aliphatic heterocycles. The topological polar surface area (TPSA) is 24.9 Å². The molecule has 0 unspecified atom stereocenters. The Morgan fingerprint density at radius 3 is 2.53 bits per heavy atom. The number of nitrogens with one attached hydrogen (secondary N) is 1. The quantitative estimate of drug-likeness (QED) is 0.904. The lowest BCUT2D eigenvalue weighted by Gasteiger charge is -2.03. The molecular weight excluding hydrogens is 242 g/mol. The smallest absolute Gasteiger partial charge is 0.182 e. The average molecular weight is 254 g/mol. The highest BCUT2D eigenvalue weighted by Crippen LogP contribution is 2.14. The minimum atomic E-state index is -0.537. The summed E-state index contributed by atoms with van der Waals surface area (Å²) >= 11 is 1.52. The molecule has 1 N–H and O–H groups in total. The molecule has 0 amide bonds. The molecule has 0 saturated carbocycles. The lowest BCUT2D eigenvalue weighted by molar-refractivity contribution is 0.580. The molecule has 1 aromatic carbocycles. The predicted molar refractivity (Wildman–Crippen MR) is 65.4 cm³/mol. The number of hydrogen-bond acceptors (Lipinski definition) is 3. The molecule has 5 heteroatoms. The molecule has 0 fully saturated rings. The van der Waals surface area contributed by atoms with Gasteiger partial charge in [0.25, 0.3) is 0 Å². The maximum absolute atomic E-state index is 12.9. The average Bonchev–Trinajstić information content (AvgIpc) is 2.63. The second-order valence-electron chi connectivity index (χ2n) is 3.75. The highest BCUT2D eigenvalue weighted by Gasteiger charge is 2.01. The number of anilines is 1. The Morgan fingerprint density at radius 1 is 1.24 bits per heavy atom. The number of aryl methyl sites for hydroxylation is 1. The zero-order valence-electron chi connectivity index (χ0n) is 9.34. The van der Waals surface area contributed by atoms with Crippen molar-refractivity contribution in [3.63, 3.8) is 0 Å². The standard InChI is InChI=1S/C12H12F2N2S/c1-8-7-17-12(16-8)15-3-2-9-4-10(13)6-11(14)5-9/h4-7H,2-3H2,1H3,(H,15,16). The lowest BCUT2D eigenvalue weighted by atomic mass is 10.1. The van der Waals surface area contributed by atoms with Crippen LogP contribution in [-0.4, -0.2) is 11.5 Å². The summed E-state index contributed by atoms with van der Waals surface area (Å²) in [5.41, 5.74) is 1.61. The summed E-state index contributed by atoms with van der Waals surface area (Å²) < 4.78 is 25.8. The van der Waals surface area contributed by atoms with Gasteiger partial charge in [-0.1, -0.05) is 0 Å². The van der Waals surface area contributed by atoms with Gasteiger partial charge in [0.1, 0.15) is 11.6 Å². The minimum Gasteiger partial charge on any atom is -0.361 e. The predicted octanol–water partition coefficient (Wildman–Crippen LogP) is 3.38. The Hall–Kier alpha value is -1.49. The summed E-state index contributed by atoms with van der Waals surface area (Å²) in [5.74, 6) is -1.07. The molecule has 17 heavy (non-hydrogen) atoms. The van der Waals surface area contributed by atoms with E-state index in [9.17, 15) is 8.78 Å². The van der Waals surface area contributed by atoms with Gasteiger partial charge < -0.3 is 5.32 Å². The van der Waals surface area contributed by atoms with Crippen LogP contribution in [0.5, 0.6) is 0 Å². The Labute approximate surface area is 102 Å². The molecule has 0 bridgehead atoms. The van der Waals surface area contributed by atoms with Crippen LogP contribution in [0.4, 0.5) is 13.9 Å². The highest BCUT2D eigenvalue weighted by atomic mass is 32.1. The summed E-state index contributed by atoms with van der Waals surface area (Å²) in [6.07, 6.45) is 0.563. The van der Waals surface area contributed by atoms with E-state index in [0.717, 1.165) is 16.9 Å². The van der Waals surface area contributed by atoms with Crippen LogP contribution in [0, 0.1) is 18.6 Å². The molecule has 1 heterocycles. The molecular formula is C12H12F2N2S. The number of rotatable bonds is 4. The number of benzene rings is 1. The molecule has 0 spiro atoms. The van der Waals surface area contributed by atoms with Crippen molar-refractivity contribution in [1.29, 1.82) is 0 Å². The monoisotopic (exact) mass is 254 g/mol. The molecule has 90 valence electrons. The fourth-order valence-electron chi connectivity index (χ4n) is 1.50. The highest BCUT2D eigenvalue weighted by molar-refractivity contribution is 7.13. The van der Waals surface area contributed by atoms with E-state index >= 15 is 0 Å². The first kappa shape index (κ1) is 12.0. The van der Waals surface area contributed by atoms with Crippen LogP contribution in [0.3, 0.4) is 0 Å². The van der Waals surface area contributed by atoms with Crippen molar-refractivity contribution in [2.24, 2.45) is 0 Å². The van der Waals surface area contributed by atoms with Crippen molar-refractivity contribution in [3.8, 4) is 0 Å². The number of hydrogen-bond donors (Lipinski definition) is 1. The van der Waals surface area contributed by atoms with E-state index in [1.165, 1.54) is 23.5 Å². The van der Waals surface area contributed by atoms with Crippen molar-refractivity contribution in [1.82, 2.24) is 4.98 Å². The Balaban J connectivity index is 1.89. The fraction of sp³-hybridized carbons (Fsp3) is 0.250. The molecule has 2 nitrogen and oxygen atoms in total. The van der Waals surface area contributed by atoms with E-state index in [0.29, 0.717) is 18.5 Å². The maximum atomic E-state index is 12.9. The summed E-state index contributed by atoms with van der Waals surface area (Å²) in [7, 11) is 0. The summed E-state index contributed by atoms with van der Waals surface area (Å²) in [6.45, 7) is 2.53. The van der Waals surface area contributed by atoms with E-state index in [-0.39, 0.29) is 0 Å². The fourth-order valence-corrected chi connectivity index (χ4v) is 2.22. The first-order valence-electron chi connectivity index (χ1n) is 5.24. The Morgan fingerprint density at radius 2 is 1.94 bits per heavy atom. The molecule has 2 rings (SSSR count). The Kier molecular flexibility index (Phi) is 3.68. The normalized spacial score (nSPS) is 10.5. The molecule has 1 aromatic heterocycles. The van der Waals surface area contributed by atoms with E-state index in [2.05, 4.69) is 10.3 Å². The van der Waals surface area contributed by atoms with Crippen LogP contribution in [0.1, 0.15) is 11.3 Å². The van der Waals surface area contributed by atoms with Crippen molar-refractivity contribution in [3.05, 3.63) is 46.5 Å². The van der Waals surface area contributed by atoms with Crippen LogP contribution in [0.2, 0.25) is 0 Å². The summed E-state index contributed by atoms with van der Waals surface area (Å²) in [5, 5.41) is 5.90. The molecule has 0 aliphatic rings. The van der Waals surface area contributed by atoms with Crippen LogP contribution in [-0.2, 0) is 6.42 Å². The molecule has 0 saturated heterocycles. The summed E-state index contributed by atoms with van der Waals surface area (Å²) in [4.78, 5) is 4.24. The lowest BCUT2D eigenvalue weighted by Crippen LogP contribution is -2.05. The third kappa shape index (κ3) is 3.49. The number of nitrogens with zero attached hydrogens (tertiary/aromatic N) is 1. The van der Waals surface area contributed by atoms with E-state index in [1.54, 1.807) is 0 Å². The second kappa shape index (κ2) is 5.23. The Bertz CT molecular complexity index is 491. The van der Waals surface area contributed by atoms with Gasteiger partial charge in [-0.2, -0.15) is 0 Å². The van der Waals surface area contributed by atoms with Crippen LogP contribution in [0.25, 0.3) is 0 Å². The van der Waals surface area contributed by atoms with Crippen LogP contribution in [0.15, 0.2) is 23.6 Å². The maximum Gasteiger partial charge on any atom is 0.182 e. The largest absolute Gasteiger partial charge is 0.361 e. The van der Waals surface area contributed by atoms with Crippen molar-refractivity contribution in [2.75, 3.05) is 11.9 Å². The third-order valence-electron chi connectivity index (χ3n) is 2.23. The summed E-state index contributed by atoms with van der Waals surface area (Å²) in [6, 6.07) is 3.57. The minimum absolute atomic E-state index is 0.537. The van der Waals surface area contributed by atoms with Crippen molar-refractivity contribution < 1.29 is 8.78 Å². The molecule has 0 aliphatic carbocycles. The number of halogens is 2. The van der Waals surface area contributed by atoms with E-state index in [4.69, 9.17) is 0 Å². The molecule has 0 radical (unpaired) electrons. The third-order valence-corrected chi connectivity index (χ3v) is 3.15. The van der Waals surface area contributed by atoms with Gasteiger partial charge in [-0.05, 0) is 31.0 Å².